The summed E-state index contributed by atoms with van der Waals surface area (Å²) in [7, 11) is -3.88. The van der Waals surface area contributed by atoms with Crippen molar-refractivity contribution in [1.29, 1.82) is 0 Å². The molecule has 0 amide bonds. The Morgan fingerprint density at radius 3 is 2.71 bits per heavy atom. The van der Waals surface area contributed by atoms with Gasteiger partial charge in [0.15, 0.2) is 5.03 Å². The fourth-order valence-corrected chi connectivity index (χ4v) is 2.86. The van der Waals surface area contributed by atoms with Gasteiger partial charge in [-0.05, 0) is 18.2 Å². The second-order valence-corrected chi connectivity index (χ2v) is 6.27. The van der Waals surface area contributed by atoms with Gasteiger partial charge in [-0.3, -0.25) is 4.72 Å². The number of carboxylic acid groups (broad SMARTS) is 1. The SMILES string of the molecule is CCc1ncc(S(=O)(=O)Nc2cc(Cl)cc(C(=O)O)c2)[nH]1. The number of hydrogen-bond acceptors (Lipinski definition) is 4. The molecular formula is C12H12ClN3O4S. The number of aromatic nitrogens is 2. The molecule has 0 aliphatic heterocycles. The molecule has 0 saturated heterocycles. The molecule has 7 nitrogen and oxygen atoms in total. The van der Waals surface area contributed by atoms with Crippen molar-refractivity contribution in [2.75, 3.05) is 4.72 Å². The molecule has 0 atom stereocenters. The molecule has 3 N–H and O–H groups in total. The highest BCUT2D eigenvalue weighted by Gasteiger charge is 2.18. The molecule has 112 valence electrons. The van der Waals surface area contributed by atoms with Crippen molar-refractivity contribution < 1.29 is 18.3 Å². The lowest BCUT2D eigenvalue weighted by Crippen LogP contribution is -2.14. The molecule has 1 aromatic heterocycles. The normalized spacial score (nSPS) is 11.3. The standard InChI is InChI=1S/C12H12ClN3O4S/c1-2-10-14-6-11(15-10)21(19,20)16-9-4-7(12(17)18)3-8(13)5-9/h3-6,16H,2H2,1H3,(H,14,15)(H,17,18). The van der Waals surface area contributed by atoms with Gasteiger partial charge in [-0.1, -0.05) is 18.5 Å². The van der Waals surface area contributed by atoms with Gasteiger partial charge in [0.05, 0.1) is 17.4 Å². The Morgan fingerprint density at radius 1 is 1.43 bits per heavy atom. The first-order chi connectivity index (χ1) is 9.81. The quantitative estimate of drug-likeness (QED) is 0.777. The fourth-order valence-electron chi connectivity index (χ4n) is 1.64. The van der Waals surface area contributed by atoms with Crippen molar-refractivity contribution in [2.24, 2.45) is 0 Å². The maximum atomic E-state index is 12.2. The second-order valence-electron chi connectivity index (χ2n) is 4.19. The number of halogens is 1. The van der Waals surface area contributed by atoms with Crippen LogP contribution in [0.15, 0.2) is 29.4 Å². The van der Waals surface area contributed by atoms with Crippen LogP contribution in [0.25, 0.3) is 0 Å². The number of aromatic carboxylic acids is 1. The highest BCUT2D eigenvalue weighted by atomic mass is 35.5. The predicted octanol–water partition coefficient (Wildman–Crippen LogP) is 2.12. The molecule has 0 saturated carbocycles. The van der Waals surface area contributed by atoms with E-state index in [4.69, 9.17) is 16.7 Å². The van der Waals surface area contributed by atoms with E-state index in [2.05, 4.69) is 14.7 Å². The van der Waals surface area contributed by atoms with E-state index < -0.39 is 16.0 Å². The van der Waals surface area contributed by atoms with Gasteiger partial charge in [-0.25, -0.2) is 9.78 Å². The van der Waals surface area contributed by atoms with Crippen molar-refractivity contribution in [2.45, 2.75) is 18.4 Å². The van der Waals surface area contributed by atoms with Crippen LogP contribution in [0.5, 0.6) is 0 Å². The molecule has 2 rings (SSSR count). The van der Waals surface area contributed by atoms with Gasteiger partial charge in [0, 0.05) is 11.4 Å². The van der Waals surface area contributed by atoms with Crippen molar-refractivity contribution >= 4 is 33.3 Å². The van der Waals surface area contributed by atoms with Gasteiger partial charge >= 0.3 is 5.97 Å². The maximum Gasteiger partial charge on any atom is 0.335 e. The number of nitrogens with zero attached hydrogens (tertiary/aromatic N) is 1. The molecular weight excluding hydrogens is 318 g/mol. The average Bonchev–Trinajstić information content (AvgIpc) is 2.86. The summed E-state index contributed by atoms with van der Waals surface area (Å²) in [5, 5.41) is 8.95. The third-order valence-corrected chi connectivity index (χ3v) is 4.14. The zero-order chi connectivity index (χ0) is 15.6. The lowest BCUT2D eigenvalue weighted by atomic mass is 10.2. The van der Waals surface area contributed by atoms with E-state index in [1.165, 1.54) is 24.4 Å². The Labute approximate surface area is 126 Å². The van der Waals surface area contributed by atoms with Crippen molar-refractivity contribution in [3.8, 4) is 0 Å². The van der Waals surface area contributed by atoms with Crippen molar-refractivity contribution in [3.63, 3.8) is 0 Å². The van der Waals surface area contributed by atoms with Gasteiger partial charge in [0.1, 0.15) is 5.82 Å². The Hall–Kier alpha value is -2.06. The smallest absolute Gasteiger partial charge is 0.335 e. The molecule has 0 aliphatic carbocycles. The first-order valence-corrected chi connectivity index (χ1v) is 7.78. The molecule has 1 heterocycles. The number of H-pyrrole nitrogens is 1. The van der Waals surface area contributed by atoms with E-state index in [-0.39, 0.29) is 21.3 Å². The minimum atomic E-state index is -3.88. The van der Waals surface area contributed by atoms with Crippen LogP contribution in [0.3, 0.4) is 0 Å². The zero-order valence-corrected chi connectivity index (χ0v) is 12.5. The molecule has 0 spiro atoms. The molecule has 2 aromatic rings. The van der Waals surface area contributed by atoms with Crippen molar-refractivity contribution in [3.05, 3.63) is 40.8 Å². The summed E-state index contributed by atoms with van der Waals surface area (Å²) in [6.07, 6.45) is 1.76. The molecule has 21 heavy (non-hydrogen) atoms. The van der Waals surface area contributed by atoms with Gasteiger partial charge in [-0.2, -0.15) is 8.42 Å². The fraction of sp³-hybridized carbons (Fsp3) is 0.167. The Morgan fingerprint density at radius 2 is 2.14 bits per heavy atom. The number of hydrogen-bond donors (Lipinski definition) is 3. The van der Waals surface area contributed by atoms with Crippen LogP contribution in [0, 0.1) is 0 Å². The van der Waals surface area contributed by atoms with Crippen LogP contribution in [0.1, 0.15) is 23.1 Å². The van der Waals surface area contributed by atoms with Crippen LogP contribution >= 0.6 is 11.6 Å². The van der Waals surface area contributed by atoms with Crippen LogP contribution < -0.4 is 4.72 Å². The van der Waals surface area contributed by atoms with E-state index in [1.54, 1.807) is 0 Å². The number of sulfonamides is 1. The number of aromatic amines is 1. The number of imidazole rings is 1. The number of carboxylic acids is 1. The lowest BCUT2D eigenvalue weighted by molar-refractivity contribution is 0.0697. The number of aryl methyl sites for hydroxylation is 1. The number of nitrogens with one attached hydrogen (secondary N) is 2. The van der Waals surface area contributed by atoms with Crippen LogP contribution in [-0.4, -0.2) is 29.5 Å². The van der Waals surface area contributed by atoms with E-state index in [1.807, 2.05) is 6.92 Å². The number of anilines is 1. The molecule has 0 fully saturated rings. The van der Waals surface area contributed by atoms with E-state index in [0.29, 0.717) is 12.2 Å². The first kappa shape index (κ1) is 15.3. The Balaban J connectivity index is 2.34. The van der Waals surface area contributed by atoms with E-state index in [0.717, 1.165) is 0 Å². The largest absolute Gasteiger partial charge is 0.478 e. The summed E-state index contributed by atoms with van der Waals surface area (Å²) in [5.74, 6) is -0.666. The van der Waals surface area contributed by atoms with E-state index >= 15 is 0 Å². The average molecular weight is 330 g/mol. The third kappa shape index (κ3) is 3.53. The molecule has 0 bridgehead atoms. The summed E-state index contributed by atoms with van der Waals surface area (Å²) in [6.45, 7) is 1.83. The molecule has 9 heteroatoms. The summed E-state index contributed by atoms with van der Waals surface area (Å²) in [6, 6.07) is 3.73. The number of carbonyl (C=O) groups is 1. The van der Waals surface area contributed by atoms with Crippen LogP contribution in [0.2, 0.25) is 5.02 Å². The molecule has 0 unspecified atom stereocenters. The Kier molecular flexibility index (Phi) is 4.19. The van der Waals surface area contributed by atoms with Crippen LogP contribution in [-0.2, 0) is 16.4 Å². The number of benzene rings is 1. The zero-order valence-electron chi connectivity index (χ0n) is 10.9. The summed E-state index contributed by atoms with van der Waals surface area (Å²) < 4.78 is 26.6. The molecule has 1 aromatic carbocycles. The summed E-state index contributed by atoms with van der Waals surface area (Å²) in [5.41, 5.74) is -0.0494. The van der Waals surface area contributed by atoms with E-state index in [9.17, 15) is 13.2 Å². The minimum absolute atomic E-state index is 0.0625. The maximum absolute atomic E-state index is 12.2. The van der Waals surface area contributed by atoms with Crippen molar-refractivity contribution in [1.82, 2.24) is 9.97 Å². The molecule has 0 aliphatic rings. The number of rotatable bonds is 5. The minimum Gasteiger partial charge on any atom is -0.478 e. The highest BCUT2D eigenvalue weighted by molar-refractivity contribution is 7.92. The summed E-state index contributed by atoms with van der Waals surface area (Å²) in [4.78, 5) is 17.5. The highest BCUT2D eigenvalue weighted by Crippen LogP contribution is 2.21. The third-order valence-electron chi connectivity index (χ3n) is 2.63. The molecule has 0 radical (unpaired) electrons. The second kappa shape index (κ2) is 5.74. The van der Waals surface area contributed by atoms with Gasteiger partial charge in [0.2, 0.25) is 0 Å². The topological polar surface area (TPSA) is 112 Å². The van der Waals surface area contributed by atoms with Gasteiger partial charge in [0.25, 0.3) is 10.0 Å². The monoisotopic (exact) mass is 329 g/mol. The van der Waals surface area contributed by atoms with Crippen LogP contribution in [0.4, 0.5) is 5.69 Å². The predicted molar refractivity (Wildman–Crippen MR) is 77.2 cm³/mol. The lowest BCUT2D eigenvalue weighted by Gasteiger charge is -2.07. The van der Waals surface area contributed by atoms with Gasteiger partial charge in [-0.15, -0.1) is 0 Å². The van der Waals surface area contributed by atoms with Gasteiger partial charge < -0.3 is 10.1 Å². The Bertz CT molecular complexity index is 786. The first-order valence-electron chi connectivity index (χ1n) is 5.92. The summed E-state index contributed by atoms with van der Waals surface area (Å²) >= 11 is 5.78.